The minimum Gasteiger partial charge on any atom is -0.510 e. The van der Waals surface area contributed by atoms with Crippen LogP contribution < -0.4 is 5.32 Å². The Balaban J connectivity index is 2.19. The van der Waals surface area contributed by atoms with Crippen LogP contribution in [0.2, 0.25) is 0 Å². The summed E-state index contributed by atoms with van der Waals surface area (Å²) in [6, 6.07) is 16.4. The summed E-state index contributed by atoms with van der Waals surface area (Å²) in [7, 11) is 0. The Hall–Kier alpha value is -2.95. The second kappa shape index (κ2) is 7.17. The van der Waals surface area contributed by atoms with Crippen molar-refractivity contribution in [2.24, 2.45) is 10.2 Å². The molecule has 1 amide bonds. The molecule has 0 radical (unpaired) electrons. The van der Waals surface area contributed by atoms with E-state index in [0.29, 0.717) is 11.4 Å². The first-order valence-electron chi connectivity index (χ1n) is 6.81. The van der Waals surface area contributed by atoms with E-state index in [1.807, 2.05) is 31.2 Å². The van der Waals surface area contributed by atoms with E-state index < -0.39 is 5.91 Å². The van der Waals surface area contributed by atoms with Gasteiger partial charge in [0, 0.05) is 5.69 Å². The Morgan fingerprint density at radius 1 is 1.05 bits per heavy atom. The zero-order valence-corrected chi connectivity index (χ0v) is 12.4. The molecule has 0 atom stereocenters. The van der Waals surface area contributed by atoms with Crippen LogP contribution in [0, 0.1) is 6.92 Å². The molecule has 0 aliphatic rings. The zero-order valence-electron chi connectivity index (χ0n) is 12.4. The highest BCUT2D eigenvalue weighted by molar-refractivity contribution is 6.03. The van der Waals surface area contributed by atoms with Gasteiger partial charge in [-0.1, -0.05) is 36.4 Å². The number of benzene rings is 2. The van der Waals surface area contributed by atoms with Crippen molar-refractivity contribution in [1.29, 1.82) is 0 Å². The number of aliphatic hydroxyl groups excluding tert-OH is 1. The van der Waals surface area contributed by atoms with E-state index in [-0.39, 0.29) is 11.5 Å². The van der Waals surface area contributed by atoms with Crippen LogP contribution >= 0.6 is 0 Å². The van der Waals surface area contributed by atoms with Crippen LogP contribution in [0.3, 0.4) is 0 Å². The number of hydrogen-bond donors (Lipinski definition) is 2. The maximum Gasteiger partial charge on any atom is 0.279 e. The minimum absolute atomic E-state index is 0.118. The van der Waals surface area contributed by atoms with Gasteiger partial charge in [-0.05, 0) is 37.6 Å². The molecule has 0 fully saturated rings. The van der Waals surface area contributed by atoms with Crippen molar-refractivity contribution in [1.82, 2.24) is 0 Å². The number of aliphatic hydroxyl groups is 1. The summed E-state index contributed by atoms with van der Waals surface area (Å²) in [6.45, 7) is 3.30. The van der Waals surface area contributed by atoms with E-state index in [1.165, 1.54) is 6.92 Å². The quantitative estimate of drug-likeness (QED) is 0.495. The molecule has 0 bridgehead atoms. The fourth-order valence-corrected chi connectivity index (χ4v) is 1.77. The number of nitrogens with zero attached hydrogens (tertiary/aromatic N) is 2. The Kier molecular flexibility index (Phi) is 5.03. The number of para-hydroxylation sites is 1. The molecule has 2 N–H and O–H groups in total. The number of amides is 1. The Labute approximate surface area is 129 Å². The van der Waals surface area contributed by atoms with Gasteiger partial charge in [0.05, 0.1) is 5.69 Å². The van der Waals surface area contributed by atoms with Gasteiger partial charge >= 0.3 is 0 Å². The molecule has 0 aliphatic heterocycles. The second-order valence-corrected chi connectivity index (χ2v) is 4.74. The first-order chi connectivity index (χ1) is 10.6. The molecule has 0 heterocycles. The lowest BCUT2D eigenvalue weighted by atomic mass is 10.2. The molecule has 0 aromatic heterocycles. The molecule has 0 saturated carbocycles. The number of hydrogen-bond acceptors (Lipinski definition) is 4. The summed E-state index contributed by atoms with van der Waals surface area (Å²) in [5, 5.41) is 20.3. The van der Waals surface area contributed by atoms with Crippen LogP contribution in [-0.2, 0) is 4.79 Å². The third kappa shape index (κ3) is 4.02. The molecule has 22 heavy (non-hydrogen) atoms. The molecule has 2 aromatic rings. The highest BCUT2D eigenvalue weighted by Gasteiger charge is 2.13. The van der Waals surface area contributed by atoms with Gasteiger partial charge in [-0.25, -0.2) is 0 Å². The van der Waals surface area contributed by atoms with Gasteiger partial charge in [0.15, 0.2) is 5.70 Å². The normalized spacial score (nSPS) is 12.1. The van der Waals surface area contributed by atoms with Crippen LogP contribution in [0.4, 0.5) is 11.4 Å². The number of azo groups is 1. The molecule has 0 unspecified atom stereocenters. The number of allylic oxidation sites excluding steroid dienone is 1. The third-order valence-corrected chi connectivity index (χ3v) is 2.96. The van der Waals surface area contributed by atoms with Crippen molar-refractivity contribution >= 4 is 17.3 Å². The molecule has 2 aromatic carbocycles. The third-order valence-electron chi connectivity index (χ3n) is 2.96. The Morgan fingerprint density at radius 2 is 1.68 bits per heavy atom. The highest BCUT2D eigenvalue weighted by atomic mass is 16.3. The van der Waals surface area contributed by atoms with Crippen molar-refractivity contribution in [3.63, 3.8) is 0 Å². The van der Waals surface area contributed by atoms with Gasteiger partial charge < -0.3 is 10.4 Å². The summed E-state index contributed by atoms with van der Waals surface area (Å²) in [5.74, 6) is -0.700. The van der Waals surface area contributed by atoms with Crippen LogP contribution in [-0.4, -0.2) is 11.0 Å². The lowest BCUT2D eigenvalue weighted by Gasteiger charge is -2.05. The first-order valence-corrected chi connectivity index (χ1v) is 6.81. The molecule has 0 aliphatic carbocycles. The molecular formula is C17H17N3O2. The number of rotatable bonds is 4. The number of anilines is 1. The van der Waals surface area contributed by atoms with Gasteiger partial charge in [0.1, 0.15) is 5.76 Å². The molecule has 5 heteroatoms. The number of aryl methyl sites for hydroxylation is 1. The second-order valence-electron chi connectivity index (χ2n) is 4.74. The SMILES string of the molecule is C/C(O)=C(/N=Nc1ccccc1C)C(=O)Nc1ccccc1. The summed E-state index contributed by atoms with van der Waals surface area (Å²) in [4.78, 5) is 12.2. The van der Waals surface area contributed by atoms with E-state index in [0.717, 1.165) is 5.56 Å². The molecular weight excluding hydrogens is 278 g/mol. The van der Waals surface area contributed by atoms with Crippen LogP contribution in [0.15, 0.2) is 76.3 Å². The standard InChI is InChI=1S/C17H17N3O2/c1-12-8-6-7-11-15(12)19-20-16(13(2)21)17(22)18-14-9-4-3-5-10-14/h3-11,21H,1-2H3,(H,18,22)/b16-13-,20-19?. The van der Waals surface area contributed by atoms with Gasteiger partial charge in [-0.3, -0.25) is 4.79 Å². The predicted octanol–water partition coefficient (Wildman–Crippen LogP) is 4.51. The monoisotopic (exact) mass is 295 g/mol. The fourth-order valence-electron chi connectivity index (χ4n) is 1.77. The van der Waals surface area contributed by atoms with Gasteiger partial charge in [-0.15, -0.1) is 10.2 Å². The van der Waals surface area contributed by atoms with Crippen molar-refractivity contribution in [2.75, 3.05) is 5.32 Å². The highest BCUT2D eigenvalue weighted by Crippen LogP contribution is 2.20. The molecule has 5 nitrogen and oxygen atoms in total. The van der Waals surface area contributed by atoms with E-state index in [9.17, 15) is 9.90 Å². The maximum atomic E-state index is 12.2. The lowest BCUT2D eigenvalue weighted by molar-refractivity contribution is -0.113. The largest absolute Gasteiger partial charge is 0.510 e. The van der Waals surface area contributed by atoms with Crippen LogP contribution in [0.5, 0.6) is 0 Å². The molecule has 112 valence electrons. The van der Waals surface area contributed by atoms with E-state index in [2.05, 4.69) is 15.5 Å². The van der Waals surface area contributed by atoms with Crippen molar-refractivity contribution in [3.8, 4) is 0 Å². The van der Waals surface area contributed by atoms with Gasteiger partial charge in [0.25, 0.3) is 5.91 Å². The topological polar surface area (TPSA) is 74.0 Å². The average Bonchev–Trinajstić information content (AvgIpc) is 2.50. The summed E-state index contributed by atoms with van der Waals surface area (Å²) < 4.78 is 0. The van der Waals surface area contributed by atoms with Crippen molar-refractivity contribution in [3.05, 3.63) is 71.6 Å². The van der Waals surface area contributed by atoms with E-state index >= 15 is 0 Å². The minimum atomic E-state index is -0.511. The maximum absolute atomic E-state index is 12.2. The van der Waals surface area contributed by atoms with Crippen molar-refractivity contribution < 1.29 is 9.90 Å². The smallest absolute Gasteiger partial charge is 0.279 e. The van der Waals surface area contributed by atoms with E-state index in [1.54, 1.807) is 30.3 Å². The number of carbonyl (C=O) groups excluding carboxylic acids is 1. The van der Waals surface area contributed by atoms with Crippen LogP contribution in [0.1, 0.15) is 12.5 Å². The first kappa shape index (κ1) is 15.4. The Bertz CT molecular complexity index is 718. The fraction of sp³-hybridized carbons (Fsp3) is 0.118. The molecule has 0 spiro atoms. The molecule has 2 rings (SSSR count). The van der Waals surface area contributed by atoms with Crippen molar-refractivity contribution in [2.45, 2.75) is 13.8 Å². The molecule has 0 saturated heterocycles. The number of carbonyl (C=O) groups is 1. The lowest BCUT2D eigenvalue weighted by Crippen LogP contribution is -2.14. The average molecular weight is 295 g/mol. The Morgan fingerprint density at radius 3 is 2.32 bits per heavy atom. The summed E-state index contributed by atoms with van der Waals surface area (Å²) in [5.41, 5.74) is 2.09. The van der Waals surface area contributed by atoms with Gasteiger partial charge in [0.2, 0.25) is 0 Å². The van der Waals surface area contributed by atoms with E-state index in [4.69, 9.17) is 0 Å². The number of nitrogens with one attached hydrogen (secondary N) is 1. The predicted molar refractivity (Wildman–Crippen MR) is 86.1 cm³/mol. The summed E-state index contributed by atoms with van der Waals surface area (Å²) in [6.07, 6.45) is 0. The zero-order chi connectivity index (χ0) is 15.9. The summed E-state index contributed by atoms with van der Waals surface area (Å²) >= 11 is 0. The van der Waals surface area contributed by atoms with Gasteiger partial charge in [-0.2, -0.15) is 0 Å². The van der Waals surface area contributed by atoms with Crippen LogP contribution in [0.25, 0.3) is 0 Å².